The molecule has 120 valence electrons. The Morgan fingerprint density at radius 1 is 1.00 bits per heavy atom. The Labute approximate surface area is 145 Å². The lowest BCUT2D eigenvalue weighted by atomic mass is 10.0. The van der Waals surface area contributed by atoms with Crippen LogP contribution in [-0.2, 0) is 10.0 Å². The first-order chi connectivity index (χ1) is 11.0. The van der Waals surface area contributed by atoms with Crippen molar-refractivity contribution in [3.05, 3.63) is 70.2 Å². The molecule has 0 bridgehead atoms. The van der Waals surface area contributed by atoms with Gasteiger partial charge in [-0.3, -0.25) is 0 Å². The van der Waals surface area contributed by atoms with Crippen molar-refractivity contribution in [3.8, 4) is 0 Å². The second kappa shape index (κ2) is 6.59. The van der Waals surface area contributed by atoms with Gasteiger partial charge in [-0.15, -0.1) is 0 Å². The maximum Gasteiger partial charge on any atom is 0.243 e. The maximum atomic E-state index is 12.7. The summed E-state index contributed by atoms with van der Waals surface area (Å²) in [4.78, 5) is 0.364. The van der Waals surface area contributed by atoms with E-state index in [0.717, 1.165) is 22.0 Å². The van der Waals surface area contributed by atoms with Gasteiger partial charge in [-0.05, 0) is 48.7 Å². The lowest BCUT2D eigenvalue weighted by molar-refractivity contribution is 0.441. The third kappa shape index (κ3) is 3.57. The number of hydrogen-bond acceptors (Lipinski definition) is 2. The molecule has 1 aliphatic heterocycles. The Balaban J connectivity index is 1.79. The van der Waals surface area contributed by atoms with Gasteiger partial charge >= 0.3 is 0 Å². The number of halogens is 1. The average molecular weight is 392 g/mol. The molecule has 0 atom stereocenters. The maximum absolute atomic E-state index is 12.7. The van der Waals surface area contributed by atoms with Crippen LogP contribution in [0.25, 0.3) is 5.57 Å². The molecule has 3 nitrogen and oxygen atoms in total. The zero-order valence-electron chi connectivity index (χ0n) is 12.9. The highest BCUT2D eigenvalue weighted by atomic mass is 79.9. The van der Waals surface area contributed by atoms with E-state index < -0.39 is 10.0 Å². The molecule has 2 aromatic carbocycles. The molecule has 0 N–H and O–H groups in total. The Morgan fingerprint density at radius 2 is 1.65 bits per heavy atom. The minimum absolute atomic E-state index is 0.364. The molecule has 1 aliphatic rings. The first-order valence-electron chi connectivity index (χ1n) is 7.48. The number of hydrogen-bond donors (Lipinski definition) is 0. The van der Waals surface area contributed by atoms with E-state index in [9.17, 15) is 8.42 Å². The summed E-state index contributed by atoms with van der Waals surface area (Å²) in [5.74, 6) is 0. The zero-order chi connectivity index (χ0) is 16.4. The summed E-state index contributed by atoms with van der Waals surface area (Å²) in [6.45, 7) is 2.88. The molecular formula is C18H18BrNO2S. The third-order valence-corrected chi connectivity index (χ3v) is 6.45. The van der Waals surface area contributed by atoms with Gasteiger partial charge in [0.15, 0.2) is 0 Å². The number of benzene rings is 2. The van der Waals surface area contributed by atoms with E-state index in [4.69, 9.17) is 0 Å². The van der Waals surface area contributed by atoms with E-state index in [1.807, 2.05) is 37.3 Å². The van der Waals surface area contributed by atoms with Crippen molar-refractivity contribution in [1.29, 1.82) is 0 Å². The molecule has 1 heterocycles. The molecule has 5 heteroatoms. The number of aryl methyl sites for hydroxylation is 1. The lowest BCUT2D eigenvalue weighted by Crippen LogP contribution is -2.34. The Kier molecular flexibility index (Phi) is 4.71. The quantitative estimate of drug-likeness (QED) is 0.784. The van der Waals surface area contributed by atoms with Gasteiger partial charge in [0.05, 0.1) is 4.90 Å². The molecule has 2 aromatic rings. The predicted molar refractivity (Wildman–Crippen MR) is 96.7 cm³/mol. The standard InChI is InChI=1S/C18H18BrNO2S/c1-14-2-8-18(9-3-14)23(21,22)20-12-10-16(11-13-20)15-4-6-17(19)7-5-15/h2-10H,11-13H2,1H3. The Morgan fingerprint density at radius 3 is 2.22 bits per heavy atom. The van der Waals surface area contributed by atoms with E-state index in [2.05, 4.69) is 28.1 Å². The molecule has 0 spiro atoms. The van der Waals surface area contributed by atoms with E-state index >= 15 is 0 Å². The third-order valence-electron chi connectivity index (χ3n) is 4.05. The van der Waals surface area contributed by atoms with Crippen LogP contribution < -0.4 is 0 Å². The van der Waals surface area contributed by atoms with E-state index in [1.54, 1.807) is 16.4 Å². The molecular weight excluding hydrogens is 374 g/mol. The fourth-order valence-electron chi connectivity index (χ4n) is 2.65. The molecule has 0 aromatic heterocycles. The van der Waals surface area contributed by atoms with E-state index in [1.165, 1.54) is 5.57 Å². The highest BCUT2D eigenvalue weighted by molar-refractivity contribution is 9.10. The summed E-state index contributed by atoms with van der Waals surface area (Å²) in [6, 6.07) is 15.1. The molecule has 0 saturated carbocycles. The summed E-state index contributed by atoms with van der Waals surface area (Å²) in [6.07, 6.45) is 2.74. The lowest BCUT2D eigenvalue weighted by Gasteiger charge is -2.26. The van der Waals surface area contributed by atoms with E-state index in [0.29, 0.717) is 18.0 Å². The Bertz CT molecular complexity index is 824. The average Bonchev–Trinajstić information content (AvgIpc) is 2.56. The molecule has 3 rings (SSSR count). The molecule has 0 fully saturated rings. The van der Waals surface area contributed by atoms with Crippen molar-refractivity contribution in [2.75, 3.05) is 13.1 Å². The Hall–Kier alpha value is -1.43. The van der Waals surface area contributed by atoms with Gasteiger partial charge in [0.1, 0.15) is 0 Å². The van der Waals surface area contributed by atoms with Crippen LogP contribution in [-0.4, -0.2) is 25.8 Å². The number of rotatable bonds is 3. The van der Waals surface area contributed by atoms with Gasteiger partial charge < -0.3 is 0 Å². The van der Waals surface area contributed by atoms with Crippen LogP contribution in [0.15, 0.2) is 64.0 Å². The SMILES string of the molecule is Cc1ccc(S(=O)(=O)N2CC=C(c3ccc(Br)cc3)CC2)cc1. The fraction of sp³-hybridized carbons (Fsp3) is 0.222. The number of sulfonamides is 1. The minimum atomic E-state index is -3.41. The summed E-state index contributed by atoms with van der Waals surface area (Å²) in [7, 11) is -3.41. The van der Waals surface area contributed by atoms with Crippen LogP contribution in [0, 0.1) is 6.92 Å². The summed E-state index contributed by atoms with van der Waals surface area (Å²) >= 11 is 3.43. The van der Waals surface area contributed by atoms with Crippen molar-refractivity contribution < 1.29 is 8.42 Å². The normalized spacial score (nSPS) is 16.2. The zero-order valence-corrected chi connectivity index (χ0v) is 15.3. The van der Waals surface area contributed by atoms with Crippen LogP contribution in [0.1, 0.15) is 17.5 Å². The van der Waals surface area contributed by atoms with Crippen molar-refractivity contribution in [1.82, 2.24) is 4.31 Å². The first-order valence-corrected chi connectivity index (χ1v) is 9.72. The second-order valence-corrected chi connectivity index (χ2v) is 8.52. The monoisotopic (exact) mass is 391 g/mol. The topological polar surface area (TPSA) is 37.4 Å². The highest BCUT2D eigenvalue weighted by Crippen LogP contribution is 2.27. The molecule has 0 aliphatic carbocycles. The largest absolute Gasteiger partial charge is 0.243 e. The van der Waals surface area contributed by atoms with Gasteiger partial charge in [-0.1, -0.05) is 51.8 Å². The van der Waals surface area contributed by atoms with Crippen molar-refractivity contribution in [2.24, 2.45) is 0 Å². The summed E-state index contributed by atoms with van der Waals surface area (Å²) in [5.41, 5.74) is 3.41. The summed E-state index contributed by atoms with van der Waals surface area (Å²) in [5, 5.41) is 0. The van der Waals surface area contributed by atoms with Crippen LogP contribution >= 0.6 is 15.9 Å². The predicted octanol–water partition coefficient (Wildman–Crippen LogP) is 4.24. The van der Waals surface area contributed by atoms with Gasteiger partial charge in [-0.2, -0.15) is 4.31 Å². The molecule has 0 amide bonds. The van der Waals surface area contributed by atoms with Gasteiger partial charge in [0, 0.05) is 17.6 Å². The van der Waals surface area contributed by atoms with E-state index in [-0.39, 0.29) is 0 Å². The molecule has 0 radical (unpaired) electrons. The van der Waals surface area contributed by atoms with Crippen LogP contribution in [0.3, 0.4) is 0 Å². The highest BCUT2D eigenvalue weighted by Gasteiger charge is 2.26. The van der Waals surface area contributed by atoms with Crippen LogP contribution in [0.4, 0.5) is 0 Å². The molecule has 0 saturated heterocycles. The molecule has 0 unspecified atom stereocenters. The van der Waals surface area contributed by atoms with Crippen LogP contribution in [0.2, 0.25) is 0 Å². The molecule has 23 heavy (non-hydrogen) atoms. The van der Waals surface area contributed by atoms with Gasteiger partial charge in [-0.25, -0.2) is 8.42 Å². The van der Waals surface area contributed by atoms with Crippen molar-refractivity contribution in [2.45, 2.75) is 18.2 Å². The summed E-state index contributed by atoms with van der Waals surface area (Å²) < 4.78 is 27.9. The fourth-order valence-corrected chi connectivity index (χ4v) is 4.30. The van der Waals surface area contributed by atoms with Gasteiger partial charge in [0.25, 0.3) is 0 Å². The second-order valence-electron chi connectivity index (χ2n) is 5.66. The minimum Gasteiger partial charge on any atom is -0.207 e. The number of nitrogens with zero attached hydrogens (tertiary/aromatic N) is 1. The smallest absolute Gasteiger partial charge is 0.207 e. The van der Waals surface area contributed by atoms with Gasteiger partial charge in [0.2, 0.25) is 10.0 Å². The first kappa shape index (κ1) is 16.4. The van der Waals surface area contributed by atoms with Crippen LogP contribution in [0.5, 0.6) is 0 Å². The van der Waals surface area contributed by atoms with Crippen molar-refractivity contribution in [3.63, 3.8) is 0 Å². The van der Waals surface area contributed by atoms with Crippen molar-refractivity contribution >= 4 is 31.5 Å².